The fraction of sp³-hybridized carbons (Fsp3) is 0.200. The summed E-state index contributed by atoms with van der Waals surface area (Å²) < 4.78 is 37.7. The van der Waals surface area contributed by atoms with Crippen molar-refractivity contribution in [3.63, 3.8) is 0 Å². The number of hydrogen-bond acceptors (Lipinski definition) is 4. The van der Waals surface area contributed by atoms with E-state index in [0.717, 1.165) is 10.0 Å². The first-order valence-corrected chi connectivity index (χ1v) is 8.80. The highest BCUT2D eigenvalue weighted by molar-refractivity contribution is 9.10. The summed E-state index contributed by atoms with van der Waals surface area (Å²) in [6, 6.07) is 12.1. The van der Waals surface area contributed by atoms with Crippen molar-refractivity contribution in [1.29, 1.82) is 0 Å². The second kappa shape index (κ2) is 5.91. The summed E-state index contributed by atoms with van der Waals surface area (Å²) in [5.41, 5.74) is 0.838. The highest BCUT2D eigenvalue weighted by Gasteiger charge is 2.22. The molecule has 116 valence electrons. The number of hydrogen-bond donors (Lipinski definition) is 0. The molecular formula is C15H14BrNO4S. The van der Waals surface area contributed by atoms with Gasteiger partial charge in [0.2, 0.25) is 16.8 Å². The third kappa shape index (κ3) is 2.97. The summed E-state index contributed by atoms with van der Waals surface area (Å²) in [6.07, 6.45) is 0. The van der Waals surface area contributed by atoms with E-state index < -0.39 is 10.0 Å². The van der Waals surface area contributed by atoms with E-state index in [1.165, 1.54) is 4.31 Å². The van der Waals surface area contributed by atoms with Crippen molar-refractivity contribution in [2.75, 3.05) is 13.8 Å². The quantitative estimate of drug-likeness (QED) is 0.814. The van der Waals surface area contributed by atoms with Crippen LogP contribution in [0.25, 0.3) is 0 Å². The van der Waals surface area contributed by atoms with Crippen LogP contribution >= 0.6 is 15.9 Å². The lowest BCUT2D eigenvalue weighted by atomic mass is 10.2. The number of nitrogens with zero attached hydrogens (tertiary/aromatic N) is 1. The molecule has 0 saturated heterocycles. The standard InChI is InChI=1S/C15H14BrNO4S/c1-17(22(18,19)13-4-2-3-12(16)8-13)9-11-5-6-14-15(7-11)21-10-20-14/h2-8H,9-10H2,1H3. The number of sulfonamides is 1. The van der Waals surface area contributed by atoms with E-state index in [-0.39, 0.29) is 18.2 Å². The molecule has 0 spiro atoms. The van der Waals surface area contributed by atoms with Gasteiger partial charge in [-0.25, -0.2) is 8.42 Å². The largest absolute Gasteiger partial charge is 0.454 e. The number of rotatable bonds is 4. The van der Waals surface area contributed by atoms with Gasteiger partial charge in [-0.1, -0.05) is 28.1 Å². The van der Waals surface area contributed by atoms with Crippen LogP contribution in [0.4, 0.5) is 0 Å². The van der Waals surface area contributed by atoms with Crippen LogP contribution in [-0.2, 0) is 16.6 Å². The van der Waals surface area contributed by atoms with Gasteiger partial charge in [-0.3, -0.25) is 0 Å². The number of benzene rings is 2. The molecule has 0 unspecified atom stereocenters. The van der Waals surface area contributed by atoms with Crippen LogP contribution in [0.1, 0.15) is 5.56 Å². The number of ether oxygens (including phenoxy) is 2. The van der Waals surface area contributed by atoms with Crippen LogP contribution in [0.5, 0.6) is 11.5 Å². The minimum atomic E-state index is -3.54. The monoisotopic (exact) mass is 383 g/mol. The van der Waals surface area contributed by atoms with Crippen LogP contribution in [0.15, 0.2) is 51.8 Å². The molecule has 0 saturated carbocycles. The molecule has 0 radical (unpaired) electrons. The molecule has 0 aromatic heterocycles. The van der Waals surface area contributed by atoms with E-state index in [1.54, 1.807) is 43.4 Å². The first kappa shape index (κ1) is 15.3. The third-order valence-corrected chi connectivity index (χ3v) is 5.64. The van der Waals surface area contributed by atoms with Crippen LogP contribution < -0.4 is 9.47 Å². The Bertz CT molecular complexity index is 807. The fourth-order valence-corrected chi connectivity index (χ4v) is 3.94. The SMILES string of the molecule is CN(Cc1ccc2c(c1)OCO2)S(=O)(=O)c1cccc(Br)c1. The zero-order chi connectivity index (χ0) is 15.7. The molecule has 1 aliphatic rings. The molecule has 1 aliphatic heterocycles. The topological polar surface area (TPSA) is 55.8 Å². The Morgan fingerprint density at radius 1 is 1.14 bits per heavy atom. The Balaban J connectivity index is 1.83. The number of halogens is 1. The van der Waals surface area contributed by atoms with E-state index in [4.69, 9.17) is 9.47 Å². The van der Waals surface area contributed by atoms with E-state index in [1.807, 2.05) is 6.07 Å². The van der Waals surface area contributed by atoms with E-state index in [0.29, 0.717) is 11.5 Å². The molecule has 7 heteroatoms. The van der Waals surface area contributed by atoms with Gasteiger partial charge in [0, 0.05) is 18.1 Å². The van der Waals surface area contributed by atoms with E-state index in [2.05, 4.69) is 15.9 Å². The minimum absolute atomic E-state index is 0.199. The van der Waals surface area contributed by atoms with Gasteiger partial charge in [-0.15, -0.1) is 0 Å². The molecule has 2 aromatic rings. The molecule has 0 fully saturated rings. The van der Waals surface area contributed by atoms with Crippen molar-refractivity contribution in [1.82, 2.24) is 4.31 Å². The Labute approximate surface area is 137 Å². The summed E-state index contributed by atoms with van der Waals surface area (Å²) in [5, 5.41) is 0. The minimum Gasteiger partial charge on any atom is -0.454 e. The molecule has 0 amide bonds. The van der Waals surface area contributed by atoms with Crippen LogP contribution in [0.3, 0.4) is 0 Å². The maximum absolute atomic E-state index is 12.6. The Morgan fingerprint density at radius 3 is 2.68 bits per heavy atom. The third-order valence-electron chi connectivity index (χ3n) is 3.35. The summed E-state index contributed by atoms with van der Waals surface area (Å²) in [7, 11) is -1.99. The highest BCUT2D eigenvalue weighted by atomic mass is 79.9. The van der Waals surface area contributed by atoms with Gasteiger partial charge >= 0.3 is 0 Å². The second-order valence-electron chi connectivity index (χ2n) is 4.91. The summed E-state index contributed by atoms with van der Waals surface area (Å²) >= 11 is 3.29. The first-order valence-electron chi connectivity index (χ1n) is 6.57. The predicted molar refractivity (Wildman–Crippen MR) is 85.4 cm³/mol. The average molecular weight is 384 g/mol. The maximum atomic E-state index is 12.6. The van der Waals surface area contributed by atoms with Gasteiger partial charge in [-0.05, 0) is 35.9 Å². The zero-order valence-corrected chi connectivity index (χ0v) is 14.2. The number of fused-ring (bicyclic) bond motifs is 1. The van der Waals surface area contributed by atoms with Crippen molar-refractivity contribution in [3.05, 3.63) is 52.5 Å². The Morgan fingerprint density at radius 2 is 1.91 bits per heavy atom. The fourth-order valence-electron chi connectivity index (χ4n) is 2.19. The van der Waals surface area contributed by atoms with Crippen molar-refractivity contribution in [3.8, 4) is 11.5 Å². The van der Waals surface area contributed by atoms with E-state index >= 15 is 0 Å². The van der Waals surface area contributed by atoms with Crippen molar-refractivity contribution in [2.45, 2.75) is 11.4 Å². The normalized spacial score (nSPS) is 13.6. The molecule has 22 heavy (non-hydrogen) atoms. The highest BCUT2D eigenvalue weighted by Crippen LogP contribution is 2.33. The van der Waals surface area contributed by atoms with Gasteiger partial charge in [0.15, 0.2) is 11.5 Å². The van der Waals surface area contributed by atoms with Crippen LogP contribution in [0.2, 0.25) is 0 Å². The molecule has 3 rings (SSSR count). The zero-order valence-electron chi connectivity index (χ0n) is 11.8. The van der Waals surface area contributed by atoms with Gasteiger partial charge in [0.1, 0.15) is 0 Å². The lowest BCUT2D eigenvalue weighted by Gasteiger charge is -2.17. The smallest absolute Gasteiger partial charge is 0.243 e. The second-order valence-corrected chi connectivity index (χ2v) is 7.87. The molecule has 1 heterocycles. The molecule has 5 nitrogen and oxygen atoms in total. The first-order chi connectivity index (χ1) is 10.5. The van der Waals surface area contributed by atoms with E-state index in [9.17, 15) is 8.42 Å². The summed E-state index contributed by atoms with van der Waals surface area (Å²) in [4.78, 5) is 0.255. The van der Waals surface area contributed by atoms with Crippen molar-refractivity contribution < 1.29 is 17.9 Å². The van der Waals surface area contributed by atoms with Crippen molar-refractivity contribution in [2.24, 2.45) is 0 Å². The van der Waals surface area contributed by atoms with Crippen molar-refractivity contribution >= 4 is 26.0 Å². The molecule has 0 atom stereocenters. The Kier molecular flexibility index (Phi) is 4.12. The summed E-state index contributed by atoms with van der Waals surface area (Å²) in [5.74, 6) is 1.33. The average Bonchev–Trinajstić information content (AvgIpc) is 2.94. The van der Waals surface area contributed by atoms with Gasteiger partial charge in [0.25, 0.3) is 0 Å². The lowest BCUT2D eigenvalue weighted by Crippen LogP contribution is -2.26. The molecular weight excluding hydrogens is 370 g/mol. The van der Waals surface area contributed by atoms with Gasteiger partial charge in [0.05, 0.1) is 4.90 Å². The molecule has 0 N–H and O–H groups in total. The lowest BCUT2D eigenvalue weighted by molar-refractivity contribution is 0.174. The van der Waals surface area contributed by atoms with Gasteiger partial charge in [-0.2, -0.15) is 4.31 Å². The maximum Gasteiger partial charge on any atom is 0.243 e. The molecule has 2 aromatic carbocycles. The molecule has 0 aliphatic carbocycles. The van der Waals surface area contributed by atoms with Crippen LogP contribution in [0, 0.1) is 0 Å². The molecule has 0 bridgehead atoms. The Hall–Kier alpha value is -1.57. The van der Waals surface area contributed by atoms with Crippen LogP contribution in [-0.4, -0.2) is 26.6 Å². The summed E-state index contributed by atoms with van der Waals surface area (Å²) in [6.45, 7) is 0.455. The predicted octanol–water partition coefficient (Wildman–Crippen LogP) is 3.00. The van der Waals surface area contributed by atoms with Gasteiger partial charge < -0.3 is 9.47 Å².